The van der Waals surface area contributed by atoms with Gasteiger partial charge < -0.3 is 11.1 Å². The van der Waals surface area contributed by atoms with Crippen LogP contribution in [0.1, 0.15) is 31.2 Å². The van der Waals surface area contributed by atoms with Crippen LogP contribution >= 0.6 is 0 Å². The first-order valence-electron chi connectivity index (χ1n) is 9.94. The summed E-state index contributed by atoms with van der Waals surface area (Å²) in [5.41, 5.74) is 5.07. The van der Waals surface area contributed by atoms with Crippen LogP contribution < -0.4 is 11.1 Å². The molecule has 4 rings (SSSR count). The summed E-state index contributed by atoms with van der Waals surface area (Å²) >= 11 is 0. The molecule has 2 aliphatic rings. The van der Waals surface area contributed by atoms with Crippen LogP contribution in [0.4, 0.5) is 18.0 Å². The Morgan fingerprint density at radius 3 is 2.67 bits per heavy atom. The second-order valence-electron chi connectivity index (χ2n) is 7.88. The van der Waals surface area contributed by atoms with Gasteiger partial charge in [0.25, 0.3) is 5.91 Å². The Morgan fingerprint density at radius 1 is 1.10 bits per heavy atom. The molecule has 1 aliphatic heterocycles. The van der Waals surface area contributed by atoms with Gasteiger partial charge in [0.2, 0.25) is 0 Å². The third-order valence-electron chi connectivity index (χ3n) is 6.19. The molecule has 1 spiro atoms. The molecule has 158 valence electrons. The van der Waals surface area contributed by atoms with Crippen molar-refractivity contribution in [1.29, 1.82) is 0 Å². The van der Waals surface area contributed by atoms with Gasteiger partial charge in [0.05, 0.1) is 6.54 Å². The van der Waals surface area contributed by atoms with Gasteiger partial charge in [-0.25, -0.2) is 18.0 Å². The zero-order chi connectivity index (χ0) is 21.5. The number of hydrogen-bond donors (Lipinski definition) is 2. The number of nitrogens with two attached hydrogens (primary N) is 1. The Kier molecular flexibility index (Phi) is 5.27. The molecule has 2 unspecified atom stereocenters. The zero-order valence-corrected chi connectivity index (χ0v) is 16.3. The SMILES string of the molecule is NCC1CCCCC12NC(=O)N(Cc1cc(-c3cccc(F)c3F)ccc1F)C2=O. The van der Waals surface area contributed by atoms with Crippen molar-refractivity contribution >= 4 is 11.9 Å². The molecule has 2 atom stereocenters. The maximum absolute atomic E-state index is 14.5. The van der Waals surface area contributed by atoms with Gasteiger partial charge >= 0.3 is 6.03 Å². The second-order valence-corrected chi connectivity index (χ2v) is 7.88. The van der Waals surface area contributed by atoms with Crippen molar-refractivity contribution in [2.45, 2.75) is 37.8 Å². The first-order chi connectivity index (χ1) is 14.4. The van der Waals surface area contributed by atoms with E-state index in [1.54, 1.807) is 0 Å². The van der Waals surface area contributed by atoms with E-state index in [0.29, 0.717) is 6.42 Å². The van der Waals surface area contributed by atoms with Crippen LogP contribution in [0.3, 0.4) is 0 Å². The maximum atomic E-state index is 14.5. The summed E-state index contributed by atoms with van der Waals surface area (Å²) in [6, 6.07) is 6.91. The number of nitrogens with zero attached hydrogens (tertiary/aromatic N) is 1. The van der Waals surface area contributed by atoms with Crippen LogP contribution in [-0.4, -0.2) is 28.9 Å². The molecule has 3 amide bonds. The largest absolute Gasteiger partial charge is 0.330 e. The topological polar surface area (TPSA) is 75.4 Å². The van der Waals surface area contributed by atoms with Crippen molar-refractivity contribution in [3.05, 3.63) is 59.4 Å². The number of amides is 3. The zero-order valence-electron chi connectivity index (χ0n) is 16.3. The van der Waals surface area contributed by atoms with Crippen LogP contribution in [0.15, 0.2) is 36.4 Å². The Hall–Kier alpha value is -2.87. The van der Waals surface area contributed by atoms with Gasteiger partial charge in [-0.15, -0.1) is 0 Å². The average Bonchev–Trinajstić information content (AvgIpc) is 2.96. The van der Waals surface area contributed by atoms with Gasteiger partial charge in [-0.05, 0) is 43.1 Å². The molecule has 2 fully saturated rings. The molecule has 8 heteroatoms. The minimum absolute atomic E-state index is 0.0274. The van der Waals surface area contributed by atoms with Crippen LogP contribution in [0.5, 0.6) is 0 Å². The van der Waals surface area contributed by atoms with Gasteiger partial charge in [-0.2, -0.15) is 0 Å². The third kappa shape index (κ3) is 3.25. The van der Waals surface area contributed by atoms with E-state index < -0.39 is 34.9 Å². The summed E-state index contributed by atoms with van der Waals surface area (Å²) in [6.45, 7) is -0.0388. The molecule has 30 heavy (non-hydrogen) atoms. The molecule has 0 bridgehead atoms. The Labute approximate surface area is 172 Å². The first-order valence-corrected chi connectivity index (χ1v) is 9.94. The van der Waals surface area contributed by atoms with E-state index in [1.165, 1.54) is 24.3 Å². The summed E-state index contributed by atoms with van der Waals surface area (Å²) in [4.78, 5) is 26.8. The normalized spacial score (nSPS) is 23.9. The molecule has 1 saturated carbocycles. The van der Waals surface area contributed by atoms with Crippen molar-refractivity contribution in [2.75, 3.05) is 6.54 Å². The van der Waals surface area contributed by atoms with E-state index in [-0.39, 0.29) is 35.7 Å². The summed E-state index contributed by atoms with van der Waals surface area (Å²) < 4.78 is 42.2. The standard InChI is InChI=1S/C22H22F3N3O2/c23-17-8-7-13(16-5-3-6-18(24)19(16)25)10-14(17)12-28-20(29)22(27-21(28)30)9-2-1-4-15(22)11-26/h3,5-8,10,15H,1-2,4,9,11-12,26H2,(H,27,30). The Bertz CT molecular complexity index is 1010. The van der Waals surface area contributed by atoms with Crippen molar-refractivity contribution in [1.82, 2.24) is 10.2 Å². The summed E-state index contributed by atoms with van der Waals surface area (Å²) in [5, 5.41) is 2.80. The van der Waals surface area contributed by atoms with E-state index in [2.05, 4.69) is 5.32 Å². The van der Waals surface area contributed by atoms with E-state index in [4.69, 9.17) is 5.73 Å². The molecular formula is C22H22F3N3O2. The van der Waals surface area contributed by atoms with Gasteiger partial charge in [0.15, 0.2) is 11.6 Å². The molecule has 0 aromatic heterocycles. The molecule has 5 nitrogen and oxygen atoms in total. The van der Waals surface area contributed by atoms with E-state index in [9.17, 15) is 22.8 Å². The minimum atomic E-state index is -1.05. The lowest BCUT2D eigenvalue weighted by atomic mass is 9.72. The van der Waals surface area contributed by atoms with E-state index in [1.807, 2.05) is 0 Å². The number of carbonyl (C=O) groups excluding carboxylic acids is 2. The molecular weight excluding hydrogens is 395 g/mol. The van der Waals surface area contributed by atoms with Crippen LogP contribution in [0, 0.1) is 23.4 Å². The monoisotopic (exact) mass is 417 g/mol. The third-order valence-corrected chi connectivity index (χ3v) is 6.19. The van der Waals surface area contributed by atoms with Gasteiger partial charge in [0, 0.05) is 17.0 Å². The van der Waals surface area contributed by atoms with Crippen molar-refractivity contribution in [3.63, 3.8) is 0 Å². The smallest absolute Gasteiger partial charge is 0.325 e. The summed E-state index contributed by atoms with van der Waals surface area (Å²) in [5.74, 6) is -3.29. The fourth-order valence-corrected chi connectivity index (χ4v) is 4.56. The number of hydrogen-bond acceptors (Lipinski definition) is 3. The van der Waals surface area contributed by atoms with Gasteiger partial charge in [-0.1, -0.05) is 31.0 Å². The van der Waals surface area contributed by atoms with E-state index in [0.717, 1.165) is 36.3 Å². The van der Waals surface area contributed by atoms with E-state index >= 15 is 0 Å². The van der Waals surface area contributed by atoms with Crippen molar-refractivity contribution < 1.29 is 22.8 Å². The molecule has 3 N–H and O–H groups in total. The fourth-order valence-electron chi connectivity index (χ4n) is 4.56. The first kappa shape index (κ1) is 20.4. The maximum Gasteiger partial charge on any atom is 0.325 e. The molecule has 2 aromatic carbocycles. The fraction of sp³-hybridized carbons (Fsp3) is 0.364. The van der Waals surface area contributed by atoms with Gasteiger partial charge in [-0.3, -0.25) is 9.69 Å². The van der Waals surface area contributed by atoms with Gasteiger partial charge in [0.1, 0.15) is 11.4 Å². The minimum Gasteiger partial charge on any atom is -0.330 e. The molecule has 1 heterocycles. The van der Waals surface area contributed by atoms with Crippen molar-refractivity contribution in [3.8, 4) is 11.1 Å². The Morgan fingerprint density at radius 2 is 1.90 bits per heavy atom. The predicted molar refractivity (Wildman–Crippen MR) is 105 cm³/mol. The number of rotatable bonds is 4. The lowest BCUT2D eigenvalue weighted by Crippen LogP contribution is -2.56. The molecule has 1 aliphatic carbocycles. The number of benzene rings is 2. The van der Waals surface area contributed by atoms with Crippen LogP contribution in [-0.2, 0) is 11.3 Å². The van der Waals surface area contributed by atoms with Crippen LogP contribution in [0.2, 0.25) is 0 Å². The number of urea groups is 1. The molecule has 1 saturated heterocycles. The number of nitrogens with one attached hydrogen (secondary N) is 1. The number of halogens is 3. The number of imide groups is 1. The quantitative estimate of drug-likeness (QED) is 0.745. The highest BCUT2D eigenvalue weighted by Crippen LogP contribution is 2.38. The molecule has 0 radical (unpaired) electrons. The lowest BCUT2D eigenvalue weighted by Gasteiger charge is -2.38. The average molecular weight is 417 g/mol. The van der Waals surface area contributed by atoms with Crippen LogP contribution in [0.25, 0.3) is 11.1 Å². The second kappa shape index (κ2) is 7.75. The molecule has 2 aromatic rings. The van der Waals surface area contributed by atoms with Crippen molar-refractivity contribution in [2.24, 2.45) is 11.7 Å². The lowest BCUT2D eigenvalue weighted by molar-refractivity contribution is -0.134. The highest BCUT2D eigenvalue weighted by molar-refractivity contribution is 6.07. The highest BCUT2D eigenvalue weighted by Gasteiger charge is 2.55. The highest BCUT2D eigenvalue weighted by atomic mass is 19.2. The number of carbonyl (C=O) groups is 2. The predicted octanol–water partition coefficient (Wildman–Crippen LogP) is 3.71. The summed E-state index contributed by atoms with van der Waals surface area (Å²) in [7, 11) is 0. The summed E-state index contributed by atoms with van der Waals surface area (Å²) in [6.07, 6.45) is 2.95. The Balaban J connectivity index is 1.65.